The van der Waals surface area contributed by atoms with Crippen LogP contribution in [0.15, 0.2) is 81.7 Å². The second-order valence-electron chi connectivity index (χ2n) is 10.4. The zero-order valence-electron chi connectivity index (χ0n) is 26.1. The summed E-state index contributed by atoms with van der Waals surface area (Å²) >= 11 is 8.85. The molecule has 0 saturated heterocycles. The molecule has 3 aromatic carbocycles. The topological polar surface area (TPSA) is 105 Å². The minimum Gasteiger partial charge on any atom is -0.493 e. The molecule has 1 atom stereocenters. The maximum absolute atomic E-state index is 14.4. The predicted octanol–water partition coefficient (Wildman–Crippen LogP) is 6.36. The zero-order valence-corrected chi connectivity index (χ0v) is 29.8. The maximum Gasteiger partial charge on any atom is 0.434 e. The molecule has 2 heterocycles. The number of ether oxygens (including phenoxy) is 4. The molecule has 5 rings (SSSR count). The molecular formula is C34H27ClF3IN2O7S. The second kappa shape index (κ2) is 15.2. The molecule has 9 nitrogen and oxygen atoms in total. The lowest BCUT2D eigenvalue weighted by atomic mass is 9.95. The van der Waals surface area contributed by atoms with Gasteiger partial charge in [-0.2, -0.15) is 13.2 Å². The summed E-state index contributed by atoms with van der Waals surface area (Å²) in [5, 5.41) is 0.316. The van der Waals surface area contributed by atoms with Crippen molar-refractivity contribution in [1.29, 1.82) is 0 Å². The van der Waals surface area contributed by atoms with Gasteiger partial charge in [-0.1, -0.05) is 47.2 Å². The van der Waals surface area contributed by atoms with E-state index < -0.39 is 41.0 Å². The Bertz CT molecular complexity index is 2110. The third-order valence-electron chi connectivity index (χ3n) is 7.18. The molecule has 49 heavy (non-hydrogen) atoms. The summed E-state index contributed by atoms with van der Waals surface area (Å²) < 4.78 is 66.6. The van der Waals surface area contributed by atoms with E-state index in [0.717, 1.165) is 21.5 Å². The first-order valence-corrected chi connectivity index (χ1v) is 17.0. The van der Waals surface area contributed by atoms with Gasteiger partial charge in [0.1, 0.15) is 6.61 Å². The Labute approximate surface area is 300 Å². The number of aromatic nitrogens is 1. The van der Waals surface area contributed by atoms with Crippen LogP contribution in [0.1, 0.15) is 46.9 Å². The molecule has 0 radical (unpaired) electrons. The number of carbonyl (C=O) groups excluding carboxylic acids is 2. The summed E-state index contributed by atoms with van der Waals surface area (Å²) in [7, 11) is 1.45. The van der Waals surface area contributed by atoms with E-state index in [1.165, 1.54) is 44.4 Å². The summed E-state index contributed by atoms with van der Waals surface area (Å²) in [5.74, 6) is -0.891. The van der Waals surface area contributed by atoms with E-state index in [9.17, 15) is 27.6 Å². The first-order chi connectivity index (χ1) is 23.4. The van der Waals surface area contributed by atoms with Crippen molar-refractivity contribution in [3.8, 4) is 11.5 Å². The SMILES string of the molecule is CCOC(=O)C1=C(C(F)(F)F)N=c2s/c(=C\c3cc(I)c(OCc4ccc(C(=O)OCC)cc4)c(OC)c3)c(=O)n2[C@@H]1c1ccc(Cl)cc1. The molecule has 0 amide bonds. The minimum atomic E-state index is -5.02. The lowest BCUT2D eigenvalue weighted by Gasteiger charge is -2.26. The van der Waals surface area contributed by atoms with E-state index in [1.54, 1.807) is 43.3 Å². The lowest BCUT2D eigenvalue weighted by molar-refractivity contribution is -0.140. The van der Waals surface area contributed by atoms with Crippen LogP contribution in [0.4, 0.5) is 13.2 Å². The van der Waals surface area contributed by atoms with Crippen LogP contribution >= 0.6 is 45.5 Å². The summed E-state index contributed by atoms with van der Waals surface area (Å²) in [5.41, 5.74) is -0.986. The average molecular weight is 827 g/mol. The molecule has 1 aromatic heterocycles. The van der Waals surface area contributed by atoms with Gasteiger partial charge in [0.25, 0.3) is 5.56 Å². The molecule has 1 aliphatic heterocycles. The standard InChI is InChI=1S/C34H27ClF3IN2O7S/c1-4-46-31(43)21-8-6-18(7-9-21)17-48-28-23(39)14-19(15-24(28)45-3)16-25-30(42)41-27(20-10-12-22(35)13-11-20)26(32(44)47-5-2)29(34(36,37)38)40-33(41)49-25/h6-16,27H,4-5,17H2,1-3H3/b25-16-/t27-/m1/s1. The van der Waals surface area contributed by atoms with Crippen molar-refractivity contribution in [2.75, 3.05) is 20.3 Å². The molecule has 4 aromatic rings. The Balaban J connectivity index is 1.55. The van der Waals surface area contributed by atoms with Gasteiger partial charge in [0.2, 0.25) is 0 Å². The highest BCUT2D eigenvalue weighted by Gasteiger charge is 2.45. The summed E-state index contributed by atoms with van der Waals surface area (Å²) in [6.07, 6.45) is -3.52. The number of fused-ring (bicyclic) bond motifs is 1. The van der Waals surface area contributed by atoms with Crippen LogP contribution in [0.5, 0.6) is 11.5 Å². The maximum atomic E-state index is 14.4. The summed E-state index contributed by atoms with van der Waals surface area (Å²) in [4.78, 5) is 42.5. The van der Waals surface area contributed by atoms with Gasteiger partial charge in [-0.15, -0.1) is 0 Å². The van der Waals surface area contributed by atoms with Gasteiger partial charge in [-0.3, -0.25) is 9.36 Å². The van der Waals surface area contributed by atoms with Crippen LogP contribution in [0.25, 0.3) is 6.08 Å². The third-order valence-corrected chi connectivity index (χ3v) is 9.21. The number of hydrogen-bond acceptors (Lipinski definition) is 9. The number of benzene rings is 3. The molecule has 0 saturated carbocycles. The van der Waals surface area contributed by atoms with Gasteiger partial charge in [0, 0.05) is 5.02 Å². The number of halogens is 5. The number of esters is 2. The zero-order chi connectivity index (χ0) is 35.5. The fourth-order valence-corrected chi connectivity index (χ4v) is 6.93. The van der Waals surface area contributed by atoms with E-state index in [4.69, 9.17) is 30.5 Å². The number of carbonyl (C=O) groups is 2. The van der Waals surface area contributed by atoms with Crippen molar-refractivity contribution in [2.24, 2.45) is 4.99 Å². The molecule has 1 aliphatic rings. The van der Waals surface area contributed by atoms with E-state index in [-0.39, 0.29) is 34.7 Å². The van der Waals surface area contributed by atoms with E-state index in [2.05, 4.69) is 27.6 Å². The Morgan fingerprint density at radius 2 is 1.67 bits per heavy atom. The molecule has 0 bridgehead atoms. The van der Waals surface area contributed by atoms with Gasteiger partial charge in [0.05, 0.1) is 45.6 Å². The van der Waals surface area contributed by atoms with Crippen LogP contribution in [0.2, 0.25) is 5.02 Å². The quantitative estimate of drug-likeness (QED) is 0.135. The van der Waals surface area contributed by atoms with Crippen LogP contribution in [-0.4, -0.2) is 43.0 Å². The average Bonchev–Trinajstić information content (AvgIpc) is 3.37. The van der Waals surface area contributed by atoms with Crippen molar-refractivity contribution in [1.82, 2.24) is 4.57 Å². The molecule has 256 valence electrons. The number of rotatable bonds is 10. The van der Waals surface area contributed by atoms with Crippen molar-refractivity contribution in [3.63, 3.8) is 0 Å². The van der Waals surface area contributed by atoms with Crippen molar-refractivity contribution < 1.29 is 41.7 Å². The molecule has 0 fully saturated rings. The number of hydrogen-bond donors (Lipinski definition) is 0. The van der Waals surface area contributed by atoms with Crippen LogP contribution in [0.3, 0.4) is 0 Å². The predicted molar refractivity (Wildman–Crippen MR) is 185 cm³/mol. The largest absolute Gasteiger partial charge is 0.493 e. The molecule has 0 N–H and O–H groups in total. The van der Waals surface area contributed by atoms with E-state index in [0.29, 0.717) is 31.2 Å². The van der Waals surface area contributed by atoms with Crippen LogP contribution in [-0.2, 0) is 20.9 Å². The van der Waals surface area contributed by atoms with Crippen LogP contribution < -0.4 is 24.4 Å². The highest BCUT2D eigenvalue weighted by Crippen LogP contribution is 2.39. The Morgan fingerprint density at radius 3 is 2.29 bits per heavy atom. The highest BCUT2D eigenvalue weighted by atomic mass is 127. The Kier molecular flexibility index (Phi) is 11.2. The first-order valence-electron chi connectivity index (χ1n) is 14.7. The lowest BCUT2D eigenvalue weighted by Crippen LogP contribution is -2.41. The first kappa shape index (κ1) is 36.1. The fourth-order valence-electron chi connectivity index (χ4n) is 5.02. The van der Waals surface area contributed by atoms with Gasteiger partial charge >= 0.3 is 18.1 Å². The minimum absolute atomic E-state index is 0.0672. The third kappa shape index (κ3) is 7.86. The Morgan fingerprint density at radius 1 is 1.02 bits per heavy atom. The van der Waals surface area contributed by atoms with Crippen LogP contribution in [0, 0.1) is 3.57 Å². The molecule has 0 spiro atoms. The molecule has 15 heteroatoms. The van der Waals surface area contributed by atoms with Gasteiger partial charge in [-0.25, -0.2) is 14.6 Å². The molecule has 0 unspecified atom stereocenters. The van der Waals surface area contributed by atoms with Gasteiger partial charge < -0.3 is 18.9 Å². The number of allylic oxidation sites excluding steroid dienone is 1. The van der Waals surface area contributed by atoms with Crippen molar-refractivity contribution in [3.05, 3.63) is 122 Å². The number of alkyl halides is 3. The Hall–Kier alpha value is -4.15. The number of methoxy groups -OCH3 is 1. The number of nitrogens with zero attached hydrogens (tertiary/aromatic N) is 2. The highest BCUT2D eigenvalue weighted by molar-refractivity contribution is 14.1. The summed E-state index contributed by atoms with van der Waals surface area (Å²) in [6.45, 7) is 3.43. The normalized spacial score (nSPS) is 14.6. The second-order valence-corrected chi connectivity index (χ2v) is 13.0. The smallest absolute Gasteiger partial charge is 0.434 e. The fraction of sp³-hybridized carbons (Fsp3) is 0.235. The monoisotopic (exact) mass is 826 g/mol. The van der Waals surface area contributed by atoms with Gasteiger partial charge in [-0.05, 0) is 95.6 Å². The van der Waals surface area contributed by atoms with Crippen molar-refractivity contribution >= 4 is 63.5 Å². The van der Waals surface area contributed by atoms with E-state index in [1.807, 2.05) is 0 Å². The van der Waals surface area contributed by atoms with E-state index >= 15 is 0 Å². The van der Waals surface area contributed by atoms with Crippen molar-refractivity contribution in [2.45, 2.75) is 32.7 Å². The number of thiazole rings is 1. The van der Waals surface area contributed by atoms with Gasteiger partial charge in [0.15, 0.2) is 22.0 Å². The summed E-state index contributed by atoms with van der Waals surface area (Å²) in [6, 6.07) is 14.5. The molecule has 0 aliphatic carbocycles. The molecular weight excluding hydrogens is 800 g/mol.